The van der Waals surface area contributed by atoms with Crippen LogP contribution in [0.1, 0.15) is 25.3 Å². The maximum absolute atomic E-state index is 8.81. The van der Waals surface area contributed by atoms with Crippen LogP contribution in [-0.2, 0) is 0 Å². The van der Waals surface area contributed by atoms with Crippen molar-refractivity contribution in [2.75, 3.05) is 11.9 Å². The second-order valence-corrected chi connectivity index (χ2v) is 4.56. The van der Waals surface area contributed by atoms with E-state index in [1.54, 1.807) is 18.3 Å². The van der Waals surface area contributed by atoms with E-state index in [9.17, 15) is 0 Å². The highest BCUT2D eigenvalue weighted by Crippen LogP contribution is 2.40. The van der Waals surface area contributed by atoms with Gasteiger partial charge in [-0.05, 0) is 37.8 Å². The predicted octanol–water partition coefficient (Wildman–Crippen LogP) is 1.49. The number of hydrogen-bond donors (Lipinski definition) is 2. The molecule has 0 amide bonds. The molecule has 1 fully saturated rings. The molecule has 0 aromatic carbocycles. The molecule has 0 spiro atoms. The quantitative estimate of drug-likeness (QED) is 0.799. The highest BCUT2D eigenvalue weighted by Gasteiger charge is 2.40. The molecule has 1 heterocycles. The minimum absolute atomic E-state index is 0.0962. The summed E-state index contributed by atoms with van der Waals surface area (Å²) >= 11 is 0. The summed E-state index contributed by atoms with van der Waals surface area (Å²) in [6.45, 7) is 2.70. The van der Waals surface area contributed by atoms with Crippen LogP contribution >= 0.6 is 0 Å². The number of nitrogens with two attached hydrogens (primary N) is 1. The molecule has 4 nitrogen and oxygen atoms in total. The van der Waals surface area contributed by atoms with E-state index in [4.69, 9.17) is 11.0 Å². The molecule has 3 N–H and O–H groups in total. The molecule has 1 atom stereocenters. The largest absolute Gasteiger partial charge is 0.363 e. The van der Waals surface area contributed by atoms with Crippen LogP contribution in [0.25, 0.3) is 0 Å². The fourth-order valence-corrected chi connectivity index (χ4v) is 1.90. The highest BCUT2D eigenvalue weighted by atomic mass is 15.1. The van der Waals surface area contributed by atoms with Gasteiger partial charge in [-0.1, -0.05) is 0 Å². The molecular weight excluding hydrogens is 200 g/mol. The average molecular weight is 216 g/mol. The van der Waals surface area contributed by atoms with E-state index >= 15 is 0 Å². The normalized spacial score (nSPS) is 18.6. The van der Waals surface area contributed by atoms with Crippen LogP contribution in [0.5, 0.6) is 0 Å². The van der Waals surface area contributed by atoms with E-state index in [2.05, 4.69) is 23.3 Å². The first-order chi connectivity index (χ1) is 7.68. The SMILES string of the molecule is CC(CN)(Nc1cc(C#N)ccn1)C1CC1. The third-order valence-electron chi connectivity index (χ3n) is 3.21. The van der Waals surface area contributed by atoms with Crippen molar-refractivity contribution >= 4 is 5.82 Å². The van der Waals surface area contributed by atoms with Crippen LogP contribution < -0.4 is 11.1 Å². The Kier molecular flexibility index (Phi) is 2.80. The lowest BCUT2D eigenvalue weighted by Crippen LogP contribution is -2.44. The lowest BCUT2D eigenvalue weighted by molar-refractivity contribution is 0.458. The van der Waals surface area contributed by atoms with Gasteiger partial charge in [0.1, 0.15) is 5.82 Å². The third kappa shape index (κ3) is 2.15. The van der Waals surface area contributed by atoms with Gasteiger partial charge in [-0.15, -0.1) is 0 Å². The van der Waals surface area contributed by atoms with Gasteiger partial charge in [0.15, 0.2) is 0 Å². The summed E-state index contributed by atoms with van der Waals surface area (Å²) in [6.07, 6.45) is 4.09. The van der Waals surface area contributed by atoms with Crippen molar-refractivity contribution in [3.05, 3.63) is 23.9 Å². The first-order valence-electron chi connectivity index (χ1n) is 5.52. The van der Waals surface area contributed by atoms with Crippen molar-refractivity contribution in [3.63, 3.8) is 0 Å². The standard InChI is InChI=1S/C12H16N4/c1-12(8-14,10-2-3-10)16-11-6-9(7-13)4-5-15-11/h4-6,10H,2-3,8,14H2,1H3,(H,15,16). The number of pyridine rings is 1. The first-order valence-corrected chi connectivity index (χ1v) is 5.52. The minimum atomic E-state index is -0.0962. The maximum atomic E-state index is 8.81. The van der Waals surface area contributed by atoms with Gasteiger partial charge in [-0.3, -0.25) is 0 Å². The second-order valence-electron chi connectivity index (χ2n) is 4.56. The number of aromatic nitrogens is 1. The van der Waals surface area contributed by atoms with Crippen molar-refractivity contribution < 1.29 is 0 Å². The summed E-state index contributed by atoms with van der Waals surface area (Å²) in [5.74, 6) is 1.36. The Morgan fingerprint density at radius 2 is 2.44 bits per heavy atom. The molecule has 4 heteroatoms. The number of nitrogens with zero attached hydrogens (tertiary/aromatic N) is 2. The van der Waals surface area contributed by atoms with Crippen LogP contribution in [0, 0.1) is 17.2 Å². The fourth-order valence-electron chi connectivity index (χ4n) is 1.90. The first kappa shape index (κ1) is 10.9. The lowest BCUT2D eigenvalue weighted by Gasteiger charge is -2.30. The third-order valence-corrected chi connectivity index (χ3v) is 3.21. The molecule has 84 valence electrons. The van der Waals surface area contributed by atoms with Crippen molar-refractivity contribution in [3.8, 4) is 6.07 Å². The number of nitriles is 1. The van der Waals surface area contributed by atoms with Gasteiger partial charge >= 0.3 is 0 Å². The van der Waals surface area contributed by atoms with Gasteiger partial charge in [-0.2, -0.15) is 5.26 Å². The molecule has 0 radical (unpaired) electrons. The van der Waals surface area contributed by atoms with Crippen LogP contribution in [0.15, 0.2) is 18.3 Å². The van der Waals surface area contributed by atoms with Crippen LogP contribution in [-0.4, -0.2) is 17.1 Å². The zero-order chi connectivity index (χ0) is 11.6. The zero-order valence-electron chi connectivity index (χ0n) is 9.40. The Morgan fingerprint density at radius 3 is 3.00 bits per heavy atom. The number of anilines is 1. The van der Waals surface area contributed by atoms with Gasteiger partial charge in [0.2, 0.25) is 0 Å². The zero-order valence-corrected chi connectivity index (χ0v) is 9.40. The molecular formula is C12H16N4. The summed E-state index contributed by atoms with van der Waals surface area (Å²) in [4.78, 5) is 4.21. The monoisotopic (exact) mass is 216 g/mol. The smallest absolute Gasteiger partial charge is 0.127 e. The van der Waals surface area contributed by atoms with E-state index < -0.39 is 0 Å². The van der Waals surface area contributed by atoms with E-state index in [1.807, 2.05) is 0 Å². The molecule has 0 bridgehead atoms. The predicted molar refractivity (Wildman–Crippen MR) is 62.8 cm³/mol. The van der Waals surface area contributed by atoms with Crippen LogP contribution in [0.4, 0.5) is 5.82 Å². The average Bonchev–Trinajstić information content (AvgIpc) is 3.13. The maximum Gasteiger partial charge on any atom is 0.127 e. The van der Waals surface area contributed by atoms with Crippen LogP contribution in [0.3, 0.4) is 0 Å². The molecule has 1 saturated carbocycles. The fraction of sp³-hybridized carbons (Fsp3) is 0.500. The Morgan fingerprint density at radius 1 is 1.69 bits per heavy atom. The molecule has 1 aromatic rings. The van der Waals surface area contributed by atoms with E-state index in [0.717, 1.165) is 5.82 Å². The molecule has 1 aromatic heterocycles. The molecule has 1 aliphatic rings. The molecule has 0 saturated heterocycles. The number of rotatable bonds is 4. The van der Waals surface area contributed by atoms with Gasteiger partial charge < -0.3 is 11.1 Å². The molecule has 16 heavy (non-hydrogen) atoms. The Labute approximate surface area is 95.5 Å². The topological polar surface area (TPSA) is 74.7 Å². The van der Waals surface area contributed by atoms with Gasteiger partial charge in [0.25, 0.3) is 0 Å². The van der Waals surface area contributed by atoms with E-state index in [1.165, 1.54) is 12.8 Å². The number of hydrogen-bond acceptors (Lipinski definition) is 4. The van der Waals surface area contributed by atoms with E-state index in [-0.39, 0.29) is 5.54 Å². The Hall–Kier alpha value is -1.60. The summed E-state index contributed by atoms with van der Waals surface area (Å²) in [7, 11) is 0. The van der Waals surface area contributed by atoms with Gasteiger partial charge in [0, 0.05) is 12.7 Å². The molecule has 1 aliphatic carbocycles. The Bertz CT molecular complexity index is 419. The van der Waals surface area contributed by atoms with Crippen molar-refractivity contribution in [2.24, 2.45) is 11.7 Å². The molecule has 2 rings (SSSR count). The van der Waals surface area contributed by atoms with Crippen molar-refractivity contribution in [1.29, 1.82) is 5.26 Å². The molecule has 1 unspecified atom stereocenters. The van der Waals surface area contributed by atoms with E-state index in [0.29, 0.717) is 18.0 Å². The molecule has 0 aliphatic heterocycles. The summed E-state index contributed by atoms with van der Waals surface area (Å²) in [5.41, 5.74) is 6.33. The second kappa shape index (κ2) is 4.11. The summed E-state index contributed by atoms with van der Waals surface area (Å²) in [6, 6.07) is 5.56. The lowest BCUT2D eigenvalue weighted by atomic mass is 9.96. The van der Waals surface area contributed by atoms with Crippen molar-refractivity contribution in [1.82, 2.24) is 4.98 Å². The van der Waals surface area contributed by atoms with Crippen LogP contribution in [0.2, 0.25) is 0 Å². The Balaban J connectivity index is 2.16. The number of nitrogens with one attached hydrogen (secondary N) is 1. The minimum Gasteiger partial charge on any atom is -0.363 e. The van der Waals surface area contributed by atoms with Gasteiger partial charge in [-0.25, -0.2) is 4.98 Å². The van der Waals surface area contributed by atoms with Crippen molar-refractivity contribution in [2.45, 2.75) is 25.3 Å². The highest BCUT2D eigenvalue weighted by molar-refractivity contribution is 5.44. The summed E-state index contributed by atoms with van der Waals surface area (Å²) < 4.78 is 0. The van der Waals surface area contributed by atoms with Gasteiger partial charge in [0.05, 0.1) is 17.2 Å². The summed E-state index contributed by atoms with van der Waals surface area (Å²) in [5, 5.41) is 12.2.